The van der Waals surface area contributed by atoms with E-state index in [0.29, 0.717) is 42.0 Å². The average Bonchev–Trinajstić information content (AvgIpc) is 3.45. The van der Waals surface area contributed by atoms with Gasteiger partial charge in [0.05, 0.1) is 12.4 Å². The number of halogens is 2. The second-order valence-electron chi connectivity index (χ2n) is 9.33. The number of thioether (sulfide) groups is 1. The Morgan fingerprint density at radius 2 is 1.73 bits per heavy atom. The van der Waals surface area contributed by atoms with Crippen LogP contribution < -0.4 is 10.6 Å². The molecule has 0 saturated heterocycles. The van der Waals surface area contributed by atoms with Crippen molar-refractivity contribution in [1.82, 2.24) is 14.9 Å². The van der Waals surface area contributed by atoms with Gasteiger partial charge in [0, 0.05) is 30.2 Å². The van der Waals surface area contributed by atoms with Crippen LogP contribution in [0.25, 0.3) is 0 Å². The molecule has 0 spiro atoms. The van der Waals surface area contributed by atoms with E-state index in [4.69, 9.17) is 0 Å². The monoisotopic (exact) mass is 564 g/mol. The lowest BCUT2D eigenvalue weighted by molar-refractivity contribution is -0.139. The first-order valence-corrected chi connectivity index (χ1v) is 14.1. The van der Waals surface area contributed by atoms with Gasteiger partial charge >= 0.3 is 5.97 Å². The molecule has 1 aromatic heterocycles. The largest absolute Gasteiger partial charge is 0.480 e. The lowest BCUT2D eigenvalue weighted by atomic mass is 9.97. The normalized spacial score (nSPS) is 12.5. The number of nitrogens with one attached hydrogen (secondary N) is 2. The third-order valence-corrected chi connectivity index (χ3v) is 7.08. The number of hydrogen-bond donors (Lipinski definition) is 3. The van der Waals surface area contributed by atoms with Crippen LogP contribution in [0.5, 0.6) is 0 Å². The number of aliphatic carboxylic acids is 1. The van der Waals surface area contributed by atoms with Crippen molar-refractivity contribution in [1.29, 1.82) is 0 Å². The fourth-order valence-electron chi connectivity index (χ4n) is 4.34. The van der Waals surface area contributed by atoms with Crippen LogP contribution in [-0.4, -0.2) is 44.6 Å². The van der Waals surface area contributed by atoms with Gasteiger partial charge in [-0.05, 0) is 84.0 Å². The van der Waals surface area contributed by atoms with Crippen molar-refractivity contribution in [2.75, 3.05) is 17.3 Å². The van der Waals surface area contributed by atoms with E-state index < -0.39 is 17.9 Å². The van der Waals surface area contributed by atoms with E-state index in [1.165, 1.54) is 36.0 Å². The zero-order valence-corrected chi connectivity index (χ0v) is 22.7. The van der Waals surface area contributed by atoms with E-state index in [0.717, 1.165) is 11.1 Å². The average molecular weight is 565 g/mol. The molecule has 4 rings (SSSR count). The molecule has 1 heterocycles. The van der Waals surface area contributed by atoms with Crippen molar-refractivity contribution >= 4 is 29.3 Å². The molecule has 0 radical (unpaired) electrons. The molecule has 1 amide bonds. The summed E-state index contributed by atoms with van der Waals surface area (Å²) in [5.74, 6) is -1.70. The Kier molecular flexibility index (Phi) is 9.91. The van der Waals surface area contributed by atoms with E-state index in [1.807, 2.05) is 23.1 Å². The van der Waals surface area contributed by atoms with Crippen LogP contribution in [-0.2, 0) is 17.8 Å². The molecule has 0 aliphatic carbocycles. The molecule has 0 aliphatic heterocycles. The lowest BCUT2D eigenvalue weighted by Gasteiger charge is -2.22. The fourth-order valence-corrected chi connectivity index (χ4v) is 4.81. The maximum atomic E-state index is 13.6. The van der Waals surface area contributed by atoms with Crippen LogP contribution >= 0.6 is 11.8 Å². The minimum absolute atomic E-state index is 0.254. The highest BCUT2D eigenvalue weighted by molar-refractivity contribution is 7.98. The third-order valence-electron chi connectivity index (χ3n) is 6.44. The number of nitrogens with zero attached hydrogens (tertiary/aromatic N) is 2. The van der Waals surface area contributed by atoms with Crippen LogP contribution in [0.3, 0.4) is 0 Å². The molecule has 40 heavy (non-hydrogen) atoms. The number of benzene rings is 3. The number of carbonyl (C=O) groups is 2. The summed E-state index contributed by atoms with van der Waals surface area (Å²) in [6.45, 7) is 0.511. The Hall–Kier alpha value is -4.18. The van der Waals surface area contributed by atoms with Gasteiger partial charge in [0.25, 0.3) is 5.91 Å². The van der Waals surface area contributed by atoms with Crippen LogP contribution in [0, 0.1) is 11.6 Å². The molecule has 1 unspecified atom stereocenters. The number of carboxylic acid groups (broad SMARTS) is 1. The molecule has 0 saturated carbocycles. The number of anilines is 1. The van der Waals surface area contributed by atoms with E-state index in [-0.39, 0.29) is 17.7 Å². The molecule has 2 atom stereocenters. The highest BCUT2D eigenvalue weighted by atomic mass is 32.2. The quantitative estimate of drug-likeness (QED) is 0.197. The zero-order chi connectivity index (χ0) is 28.5. The summed E-state index contributed by atoms with van der Waals surface area (Å²) >= 11 is 1.50. The first-order chi connectivity index (χ1) is 19.3. The van der Waals surface area contributed by atoms with Crippen molar-refractivity contribution in [2.45, 2.75) is 31.5 Å². The Morgan fingerprint density at radius 3 is 2.35 bits per heavy atom. The number of rotatable bonds is 13. The molecule has 0 aliphatic rings. The summed E-state index contributed by atoms with van der Waals surface area (Å²) in [7, 11) is 0. The Labute approximate surface area is 235 Å². The predicted molar refractivity (Wildman–Crippen MR) is 153 cm³/mol. The molecular formula is C30H30F2N4O3S. The van der Waals surface area contributed by atoms with Crippen molar-refractivity contribution in [3.8, 4) is 0 Å². The van der Waals surface area contributed by atoms with E-state index in [9.17, 15) is 23.5 Å². The minimum Gasteiger partial charge on any atom is -0.480 e. The molecular weight excluding hydrogens is 534 g/mol. The topological polar surface area (TPSA) is 96.3 Å². The van der Waals surface area contributed by atoms with E-state index >= 15 is 0 Å². The summed E-state index contributed by atoms with van der Waals surface area (Å²) in [4.78, 5) is 29.1. The van der Waals surface area contributed by atoms with Gasteiger partial charge in [-0.2, -0.15) is 11.8 Å². The van der Waals surface area contributed by atoms with E-state index in [2.05, 4.69) is 15.6 Å². The number of carboxylic acids is 1. The molecule has 10 heteroatoms. The highest BCUT2D eigenvalue weighted by Crippen LogP contribution is 2.26. The molecule has 208 valence electrons. The van der Waals surface area contributed by atoms with Gasteiger partial charge < -0.3 is 20.3 Å². The molecule has 3 N–H and O–H groups in total. The first-order valence-electron chi connectivity index (χ1n) is 12.7. The van der Waals surface area contributed by atoms with Gasteiger partial charge in [-0.1, -0.05) is 24.3 Å². The minimum atomic E-state index is -1.09. The molecule has 3 aromatic carbocycles. The van der Waals surface area contributed by atoms with Crippen LogP contribution in [0.15, 0.2) is 85.5 Å². The molecule has 0 bridgehead atoms. The van der Waals surface area contributed by atoms with Crippen molar-refractivity contribution in [3.63, 3.8) is 0 Å². The number of imidazole rings is 1. The Bertz CT molecular complexity index is 1410. The van der Waals surface area contributed by atoms with E-state index in [1.54, 1.807) is 48.9 Å². The van der Waals surface area contributed by atoms with Crippen LogP contribution in [0.2, 0.25) is 0 Å². The van der Waals surface area contributed by atoms with Gasteiger partial charge in [0.15, 0.2) is 0 Å². The maximum absolute atomic E-state index is 13.6. The molecule has 4 aromatic rings. The summed E-state index contributed by atoms with van der Waals surface area (Å²) in [5, 5.41) is 15.7. The van der Waals surface area contributed by atoms with Crippen molar-refractivity contribution in [3.05, 3.63) is 119 Å². The Morgan fingerprint density at radius 1 is 1.02 bits per heavy atom. The number of carbonyl (C=O) groups excluding carboxylic acids is 1. The van der Waals surface area contributed by atoms with Gasteiger partial charge in [-0.3, -0.25) is 4.79 Å². The lowest BCUT2D eigenvalue weighted by Crippen LogP contribution is -2.41. The predicted octanol–water partition coefficient (Wildman–Crippen LogP) is 5.54. The van der Waals surface area contributed by atoms with Gasteiger partial charge in [0.2, 0.25) is 0 Å². The van der Waals surface area contributed by atoms with Gasteiger partial charge in [-0.25, -0.2) is 18.6 Å². The summed E-state index contributed by atoms with van der Waals surface area (Å²) in [6.07, 6.45) is 7.70. The zero-order valence-electron chi connectivity index (χ0n) is 21.9. The highest BCUT2D eigenvalue weighted by Gasteiger charge is 2.22. The second-order valence-corrected chi connectivity index (χ2v) is 10.3. The summed E-state index contributed by atoms with van der Waals surface area (Å²) in [5.41, 5.74) is 3.33. The smallest absolute Gasteiger partial charge is 0.326 e. The second kappa shape index (κ2) is 13.7. The number of aromatic nitrogens is 2. The number of hydrogen-bond acceptors (Lipinski definition) is 5. The summed E-state index contributed by atoms with van der Waals surface area (Å²) in [6, 6.07) is 16.2. The first kappa shape index (κ1) is 28.8. The van der Waals surface area contributed by atoms with Gasteiger partial charge in [-0.15, -0.1) is 0 Å². The van der Waals surface area contributed by atoms with Crippen molar-refractivity contribution < 1.29 is 23.5 Å². The SMILES string of the molecule is CSCC[C@H](NC(=O)c1ccc(NC(Cn2ccnc2)c2ccc(F)cc2)cc1Cc1ccc(F)cc1)C(=O)O. The van der Waals surface area contributed by atoms with Crippen molar-refractivity contribution in [2.24, 2.45) is 0 Å². The Balaban J connectivity index is 1.65. The van der Waals surface area contributed by atoms with Crippen LogP contribution in [0.1, 0.15) is 39.5 Å². The fraction of sp³-hybridized carbons (Fsp3) is 0.233. The third kappa shape index (κ3) is 7.92. The molecule has 7 nitrogen and oxygen atoms in total. The summed E-state index contributed by atoms with van der Waals surface area (Å²) < 4.78 is 29.1. The van der Waals surface area contributed by atoms with Gasteiger partial charge in [0.1, 0.15) is 17.7 Å². The number of amides is 1. The maximum Gasteiger partial charge on any atom is 0.326 e. The van der Waals surface area contributed by atoms with Crippen LogP contribution in [0.4, 0.5) is 14.5 Å². The molecule has 0 fully saturated rings. The standard InChI is InChI=1S/C30H30F2N4O3S/c1-40-15-12-27(30(38)39)35-29(37)26-11-10-25(17-22(26)16-20-2-6-23(31)7-3-20)34-28(18-36-14-13-33-19-36)21-4-8-24(32)9-5-21/h2-11,13-14,17,19,27-28,34H,12,15-16,18H2,1H3,(H,35,37)(H,38,39)/t27-,28?/m0/s1.